The lowest BCUT2D eigenvalue weighted by Crippen LogP contribution is -2.06. The van der Waals surface area contributed by atoms with Crippen molar-refractivity contribution in [2.45, 2.75) is 11.9 Å². The molecule has 1 aromatic carbocycles. The number of aromatic nitrogens is 2. The average molecular weight is 281 g/mol. The number of fused-ring (bicyclic) bond motifs is 3. The van der Waals surface area contributed by atoms with E-state index in [1.165, 1.54) is 0 Å². The van der Waals surface area contributed by atoms with Crippen LogP contribution < -0.4 is 5.73 Å². The molecule has 2 aromatic heterocycles. The Morgan fingerprint density at radius 1 is 1.45 bits per heavy atom. The SMILES string of the molecule is Cc1cc(SC(=N)N)n2c(nc3ccccc32)c1C#N. The summed E-state index contributed by atoms with van der Waals surface area (Å²) in [7, 11) is 0. The normalized spacial score (nSPS) is 10.8. The predicted octanol–water partition coefficient (Wildman–Crippen LogP) is 2.65. The van der Waals surface area contributed by atoms with Gasteiger partial charge in [0.15, 0.2) is 10.8 Å². The second-order valence-electron chi connectivity index (χ2n) is 4.38. The van der Waals surface area contributed by atoms with E-state index in [0.29, 0.717) is 11.2 Å². The van der Waals surface area contributed by atoms with Crippen LogP contribution in [0.5, 0.6) is 0 Å². The minimum absolute atomic E-state index is 0.00758. The fourth-order valence-electron chi connectivity index (χ4n) is 2.24. The van der Waals surface area contributed by atoms with Crippen molar-refractivity contribution in [2.24, 2.45) is 5.73 Å². The van der Waals surface area contributed by atoms with Gasteiger partial charge in [0.1, 0.15) is 6.07 Å². The van der Waals surface area contributed by atoms with Gasteiger partial charge in [-0.15, -0.1) is 0 Å². The smallest absolute Gasteiger partial charge is 0.157 e. The molecule has 2 heterocycles. The number of hydrogen-bond donors (Lipinski definition) is 2. The summed E-state index contributed by atoms with van der Waals surface area (Å²) in [4.78, 5) is 4.53. The minimum atomic E-state index is 0.00758. The van der Waals surface area contributed by atoms with Crippen LogP contribution in [0.2, 0.25) is 0 Å². The third kappa shape index (κ3) is 1.80. The van der Waals surface area contributed by atoms with E-state index in [0.717, 1.165) is 33.4 Å². The highest BCUT2D eigenvalue weighted by atomic mass is 32.2. The summed E-state index contributed by atoms with van der Waals surface area (Å²) in [6, 6.07) is 11.7. The van der Waals surface area contributed by atoms with Gasteiger partial charge in [-0.05, 0) is 42.4 Å². The lowest BCUT2D eigenvalue weighted by Gasteiger charge is -2.08. The van der Waals surface area contributed by atoms with Crippen molar-refractivity contribution >= 4 is 33.6 Å². The molecular formula is C14H11N5S. The van der Waals surface area contributed by atoms with Crippen molar-refractivity contribution in [3.63, 3.8) is 0 Å². The van der Waals surface area contributed by atoms with E-state index in [1.807, 2.05) is 41.7 Å². The number of hydrogen-bond acceptors (Lipinski definition) is 4. The number of thioether (sulfide) groups is 1. The van der Waals surface area contributed by atoms with E-state index in [-0.39, 0.29) is 5.17 Å². The highest BCUT2D eigenvalue weighted by Crippen LogP contribution is 2.28. The van der Waals surface area contributed by atoms with E-state index in [9.17, 15) is 5.26 Å². The van der Waals surface area contributed by atoms with Gasteiger partial charge in [-0.25, -0.2) is 4.98 Å². The number of imidazole rings is 1. The van der Waals surface area contributed by atoms with Crippen LogP contribution in [0.15, 0.2) is 35.4 Å². The van der Waals surface area contributed by atoms with E-state index in [2.05, 4.69) is 11.1 Å². The maximum absolute atomic E-state index is 9.34. The molecule has 3 rings (SSSR count). The van der Waals surface area contributed by atoms with Gasteiger partial charge >= 0.3 is 0 Å². The number of aryl methyl sites for hydroxylation is 1. The van der Waals surface area contributed by atoms with Crippen LogP contribution in [-0.2, 0) is 0 Å². The summed E-state index contributed by atoms with van der Waals surface area (Å²) >= 11 is 1.16. The van der Waals surface area contributed by atoms with E-state index < -0.39 is 0 Å². The number of benzene rings is 1. The van der Waals surface area contributed by atoms with E-state index in [1.54, 1.807) is 0 Å². The van der Waals surface area contributed by atoms with Crippen molar-refractivity contribution in [3.05, 3.63) is 41.5 Å². The highest BCUT2D eigenvalue weighted by Gasteiger charge is 2.15. The summed E-state index contributed by atoms with van der Waals surface area (Å²) in [5, 5.41) is 17.6. The number of nitrogens with zero attached hydrogens (tertiary/aromatic N) is 3. The lowest BCUT2D eigenvalue weighted by atomic mass is 10.2. The molecule has 0 aliphatic rings. The Hall–Kier alpha value is -2.52. The maximum atomic E-state index is 9.34. The third-order valence-corrected chi connectivity index (χ3v) is 3.79. The quantitative estimate of drug-likeness (QED) is 0.407. The molecule has 0 aliphatic carbocycles. The molecule has 5 nitrogen and oxygen atoms in total. The molecule has 0 atom stereocenters. The number of rotatable bonds is 1. The zero-order chi connectivity index (χ0) is 14.3. The molecule has 0 spiro atoms. The van der Waals surface area contributed by atoms with Gasteiger partial charge in [0.25, 0.3) is 0 Å². The van der Waals surface area contributed by atoms with Gasteiger partial charge in [0.2, 0.25) is 0 Å². The topological polar surface area (TPSA) is 91.0 Å². The minimum Gasteiger partial charge on any atom is -0.378 e. The Morgan fingerprint density at radius 2 is 2.20 bits per heavy atom. The molecule has 0 saturated heterocycles. The second kappa shape index (κ2) is 4.54. The first-order valence-corrected chi connectivity index (χ1v) is 6.76. The molecule has 0 unspecified atom stereocenters. The van der Waals surface area contributed by atoms with Crippen LogP contribution in [0.25, 0.3) is 16.7 Å². The largest absolute Gasteiger partial charge is 0.378 e. The van der Waals surface area contributed by atoms with Gasteiger partial charge in [0.05, 0.1) is 21.6 Å². The zero-order valence-electron chi connectivity index (χ0n) is 10.7. The number of nitriles is 1. The molecule has 6 heteroatoms. The Labute approximate surface area is 119 Å². The van der Waals surface area contributed by atoms with Gasteiger partial charge < -0.3 is 5.73 Å². The number of amidine groups is 1. The van der Waals surface area contributed by atoms with Crippen molar-refractivity contribution < 1.29 is 0 Å². The number of pyridine rings is 1. The molecule has 20 heavy (non-hydrogen) atoms. The van der Waals surface area contributed by atoms with Gasteiger partial charge in [-0.3, -0.25) is 9.81 Å². The van der Waals surface area contributed by atoms with Crippen LogP contribution in [0, 0.1) is 23.7 Å². The van der Waals surface area contributed by atoms with Crippen LogP contribution in [0.3, 0.4) is 0 Å². The van der Waals surface area contributed by atoms with Crippen molar-refractivity contribution in [2.75, 3.05) is 0 Å². The van der Waals surface area contributed by atoms with Gasteiger partial charge in [-0.1, -0.05) is 12.1 Å². The Kier molecular flexibility index (Phi) is 2.84. The molecular weight excluding hydrogens is 270 g/mol. The molecule has 3 N–H and O–H groups in total. The molecule has 0 aliphatic heterocycles. The second-order valence-corrected chi connectivity index (χ2v) is 5.44. The first kappa shape index (κ1) is 12.5. The number of nitrogens with two attached hydrogens (primary N) is 1. The zero-order valence-corrected chi connectivity index (χ0v) is 11.5. The van der Waals surface area contributed by atoms with Gasteiger partial charge in [-0.2, -0.15) is 5.26 Å². The van der Waals surface area contributed by atoms with Crippen LogP contribution in [0.4, 0.5) is 0 Å². The first-order valence-electron chi connectivity index (χ1n) is 5.94. The molecule has 0 saturated carbocycles. The molecule has 3 aromatic rings. The van der Waals surface area contributed by atoms with Crippen molar-refractivity contribution in [1.29, 1.82) is 10.7 Å². The summed E-state index contributed by atoms with van der Waals surface area (Å²) < 4.78 is 1.88. The predicted molar refractivity (Wildman–Crippen MR) is 79.9 cm³/mol. The molecule has 0 radical (unpaired) electrons. The summed E-state index contributed by atoms with van der Waals surface area (Å²) in [6.45, 7) is 1.86. The van der Waals surface area contributed by atoms with Crippen LogP contribution >= 0.6 is 11.8 Å². The van der Waals surface area contributed by atoms with E-state index >= 15 is 0 Å². The first-order chi connectivity index (χ1) is 9.61. The maximum Gasteiger partial charge on any atom is 0.157 e. The average Bonchev–Trinajstić information content (AvgIpc) is 2.77. The summed E-state index contributed by atoms with van der Waals surface area (Å²) in [5.41, 5.74) is 9.21. The summed E-state index contributed by atoms with van der Waals surface area (Å²) in [5.74, 6) is 0. The number of para-hydroxylation sites is 2. The fraction of sp³-hybridized carbons (Fsp3) is 0.0714. The van der Waals surface area contributed by atoms with Gasteiger partial charge in [0, 0.05) is 0 Å². The molecule has 0 fully saturated rings. The standard InChI is InChI=1S/C14H11N5S/c1-8-6-12(20-14(16)17)19-11-5-3-2-4-10(11)18-13(19)9(8)7-15/h2-6H,1H3,(H3,16,17). The fourth-order valence-corrected chi connectivity index (χ4v) is 2.98. The third-order valence-electron chi connectivity index (χ3n) is 3.07. The number of nitrogens with one attached hydrogen (secondary N) is 1. The molecule has 0 bridgehead atoms. The Balaban J connectivity index is 2.51. The molecule has 0 amide bonds. The summed E-state index contributed by atoms with van der Waals surface area (Å²) in [6.07, 6.45) is 0. The Morgan fingerprint density at radius 3 is 2.90 bits per heavy atom. The van der Waals surface area contributed by atoms with Crippen molar-refractivity contribution in [3.8, 4) is 6.07 Å². The Bertz CT molecular complexity index is 888. The van der Waals surface area contributed by atoms with Crippen LogP contribution in [-0.4, -0.2) is 14.6 Å². The monoisotopic (exact) mass is 281 g/mol. The van der Waals surface area contributed by atoms with Crippen LogP contribution in [0.1, 0.15) is 11.1 Å². The molecule has 98 valence electrons. The highest BCUT2D eigenvalue weighted by molar-refractivity contribution is 8.13. The lowest BCUT2D eigenvalue weighted by molar-refractivity contribution is 1.04. The van der Waals surface area contributed by atoms with E-state index in [4.69, 9.17) is 11.1 Å². The van der Waals surface area contributed by atoms with Crippen molar-refractivity contribution in [1.82, 2.24) is 9.38 Å².